The molecule has 2 aromatic carbocycles. The molecule has 160 valence electrons. The Morgan fingerprint density at radius 3 is 2.10 bits per heavy atom. The van der Waals surface area contributed by atoms with E-state index >= 15 is 0 Å². The molecule has 1 unspecified atom stereocenters. The summed E-state index contributed by atoms with van der Waals surface area (Å²) in [5.41, 5.74) is 7.69. The quantitative estimate of drug-likeness (QED) is 0.298. The van der Waals surface area contributed by atoms with Crippen molar-refractivity contribution < 1.29 is 19.4 Å². The van der Waals surface area contributed by atoms with Crippen molar-refractivity contribution in [2.24, 2.45) is 16.6 Å². The molecule has 6 nitrogen and oxygen atoms in total. The van der Waals surface area contributed by atoms with Crippen LogP contribution in [0.1, 0.15) is 43.2 Å². The Morgan fingerprint density at radius 1 is 1.03 bits per heavy atom. The molecule has 0 amide bonds. The zero-order valence-corrected chi connectivity index (χ0v) is 17.4. The zero-order valence-electron chi connectivity index (χ0n) is 17.4. The van der Waals surface area contributed by atoms with Crippen molar-refractivity contribution in [1.82, 2.24) is 0 Å². The molecule has 0 aliphatic carbocycles. The van der Waals surface area contributed by atoms with E-state index in [2.05, 4.69) is 4.99 Å². The molecule has 0 aliphatic rings. The van der Waals surface area contributed by atoms with Crippen molar-refractivity contribution in [3.8, 4) is 0 Å². The van der Waals surface area contributed by atoms with Gasteiger partial charge in [-0.3, -0.25) is 14.6 Å². The number of aliphatic carboxylic acids is 1. The Kier molecular flexibility index (Phi) is 9.74. The second kappa shape index (κ2) is 12.5. The molecule has 0 fully saturated rings. The van der Waals surface area contributed by atoms with Crippen LogP contribution >= 0.6 is 0 Å². The minimum absolute atomic E-state index is 0.00725. The standard InChI is InChI=1S/C24H30N2O4/c1-18(25)26-14-8-13-21(24(28)29)15-22(27)16-30-17-23(19-9-4-2-5-10-19)20-11-6-3-7-12-20/h2-7,9-12,21,23H,8,13-17H2,1H3,(H2,25,26)(H,28,29). The molecule has 0 bridgehead atoms. The largest absolute Gasteiger partial charge is 0.481 e. The molecule has 2 rings (SSSR count). The number of amidine groups is 1. The van der Waals surface area contributed by atoms with Gasteiger partial charge >= 0.3 is 5.97 Å². The number of nitrogens with zero attached hydrogens (tertiary/aromatic N) is 1. The number of aliphatic imine (C=N–C) groups is 1. The minimum Gasteiger partial charge on any atom is -0.481 e. The molecule has 30 heavy (non-hydrogen) atoms. The summed E-state index contributed by atoms with van der Waals surface area (Å²) >= 11 is 0. The maximum Gasteiger partial charge on any atom is 0.306 e. The predicted molar refractivity (Wildman–Crippen MR) is 118 cm³/mol. The highest BCUT2D eigenvalue weighted by molar-refractivity contribution is 5.84. The molecule has 0 saturated heterocycles. The second-order valence-corrected chi connectivity index (χ2v) is 7.33. The zero-order chi connectivity index (χ0) is 21.8. The summed E-state index contributed by atoms with van der Waals surface area (Å²) in [6.07, 6.45) is 0.917. The van der Waals surface area contributed by atoms with Crippen LogP contribution in [0.5, 0.6) is 0 Å². The molecule has 0 aliphatic heterocycles. The van der Waals surface area contributed by atoms with Gasteiger partial charge in [-0.05, 0) is 30.9 Å². The van der Waals surface area contributed by atoms with Crippen LogP contribution in [0, 0.1) is 5.92 Å². The van der Waals surface area contributed by atoms with E-state index in [4.69, 9.17) is 10.5 Å². The van der Waals surface area contributed by atoms with Gasteiger partial charge in [0.2, 0.25) is 0 Å². The molecule has 3 N–H and O–H groups in total. The molecule has 0 spiro atoms. The van der Waals surface area contributed by atoms with Gasteiger partial charge in [-0.2, -0.15) is 0 Å². The Hall–Kier alpha value is -2.99. The number of hydrogen-bond donors (Lipinski definition) is 2. The lowest BCUT2D eigenvalue weighted by molar-refractivity contribution is -0.144. The SMILES string of the molecule is CC(N)=NCCCC(CC(=O)COCC(c1ccccc1)c1ccccc1)C(=O)O. The third-order valence-electron chi connectivity index (χ3n) is 4.85. The molecule has 0 aromatic heterocycles. The Bertz CT molecular complexity index is 778. The molecule has 6 heteroatoms. The van der Waals surface area contributed by atoms with Crippen LogP contribution in [0.3, 0.4) is 0 Å². The second-order valence-electron chi connectivity index (χ2n) is 7.33. The summed E-state index contributed by atoms with van der Waals surface area (Å²) in [4.78, 5) is 27.8. The average Bonchev–Trinajstić information content (AvgIpc) is 2.74. The van der Waals surface area contributed by atoms with Crippen molar-refractivity contribution in [2.75, 3.05) is 19.8 Å². The van der Waals surface area contributed by atoms with Crippen molar-refractivity contribution in [3.05, 3.63) is 71.8 Å². The van der Waals surface area contributed by atoms with Crippen LogP contribution < -0.4 is 5.73 Å². The molecular weight excluding hydrogens is 380 g/mol. The number of Topliss-reactive ketones (excluding diaryl/α,β-unsaturated/α-hetero) is 1. The molecule has 0 saturated carbocycles. The monoisotopic (exact) mass is 410 g/mol. The number of carboxylic acid groups (broad SMARTS) is 1. The van der Waals surface area contributed by atoms with Gasteiger partial charge in [0.15, 0.2) is 5.78 Å². The number of ketones is 1. The van der Waals surface area contributed by atoms with Gasteiger partial charge in [-0.25, -0.2) is 0 Å². The van der Waals surface area contributed by atoms with E-state index in [1.807, 2.05) is 60.7 Å². The maximum absolute atomic E-state index is 12.3. The van der Waals surface area contributed by atoms with E-state index in [9.17, 15) is 14.7 Å². The van der Waals surface area contributed by atoms with E-state index in [0.717, 1.165) is 11.1 Å². The number of hydrogen-bond acceptors (Lipinski definition) is 4. The van der Waals surface area contributed by atoms with Crippen LogP contribution in [-0.4, -0.2) is 42.5 Å². The first kappa shape index (κ1) is 23.3. The smallest absolute Gasteiger partial charge is 0.306 e. The molecule has 0 radical (unpaired) electrons. The van der Waals surface area contributed by atoms with Gasteiger partial charge in [-0.1, -0.05) is 60.7 Å². The van der Waals surface area contributed by atoms with Crippen molar-refractivity contribution in [3.63, 3.8) is 0 Å². The number of carbonyl (C=O) groups is 2. The van der Waals surface area contributed by atoms with Crippen molar-refractivity contribution in [2.45, 2.75) is 32.1 Å². The lowest BCUT2D eigenvalue weighted by Gasteiger charge is -2.18. The van der Waals surface area contributed by atoms with Gasteiger partial charge in [0.25, 0.3) is 0 Å². The Morgan fingerprint density at radius 2 is 1.60 bits per heavy atom. The number of carbonyl (C=O) groups excluding carboxylic acids is 1. The van der Waals surface area contributed by atoms with E-state index in [-0.39, 0.29) is 24.7 Å². The van der Waals surface area contributed by atoms with Crippen LogP contribution in [0.15, 0.2) is 65.7 Å². The van der Waals surface area contributed by atoms with E-state index < -0.39 is 11.9 Å². The summed E-state index contributed by atoms with van der Waals surface area (Å²) < 4.78 is 5.72. The van der Waals surface area contributed by atoms with Crippen molar-refractivity contribution in [1.29, 1.82) is 0 Å². The fourth-order valence-electron chi connectivity index (χ4n) is 3.29. The first-order valence-electron chi connectivity index (χ1n) is 10.2. The third kappa shape index (κ3) is 8.17. The van der Waals surface area contributed by atoms with Gasteiger partial charge in [0, 0.05) is 18.9 Å². The molecule has 0 heterocycles. The fourth-order valence-corrected chi connectivity index (χ4v) is 3.29. The number of rotatable bonds is 13. The fraction of sp³-hybridized carbons (Fsp3) is 0.375. The van der Waals surface area contributed by atoms with E-state index in [1.165, 1.54) is 0 Å². The summed E-state index contributed by atoms with van der Waals surface area (Å²) in [5, 5.41) is 9.39. The average molecular weight is 411 g/mol. The van der Waals surface area contributed by atoms with Crippen LogP contribution in [0.2, 0.25) is 0 Å². The normalized spacial score (nSPS) is 12.7. The third-order valence-corrected chi connectivity index (χ3v) is 4.85. The predicted octanol–water partition coefficient (Wildman–Crippen LogP) is 3.65. The highest BCUT2D eigenvalue weighted by Gasteiger charge is 2.21. The van der Waals surface area contributed by atoms with Gasteiger partial charge < -0.3 is 15.6 Å². The first-order chi connectivity index (χ1) is 14.5. The Labute approximate surface area is 177 Å². The number of carboxylic acids is 1. The molecule has 2 aromatic rings. The van der Waals surface area contributed by atoms with Crippen molar-refractivity contribution >= 4 is 17.6 Å². The van der Waals surface area contributed by atoms with E-state index in [0.29, 0.717) is 31.8 Å². The number of nitrogens with two attached hydrogens (primary N) is 1. The topological polar surface area (TPSA) is 102 Å². The highest BCUT2D eigenvalue weighted by atomic mass is 16.5. The Balaban J connectivity index is 1.88. The number of benzene rings is 2. The maximum atomic E-state index is 12.3. The van der Waals surface area contributed by atoms with Crippen LogP contribution in [0.4, 0.5) is 0 Å². The van der Waals surface area contributed by atoms with Crippen LogP contribution in [-0.2, 0) is 14.3 Å². The lowest BCUT2D eigenvalue weighted by atomic mass is 9.92. The lowest BCUT2D eigenvalue weighted by Crippen LogP contribution is -2.22. The molecule has 1 atom stereocenters. The van der Waals surface area contributed by atoms with Gasteiger partial charge in [-0.15, -0.1) is 0 Å². The summed E-state index contributed by atoms with van der Waals surface area (Å²) in [5.74, 6) is -1.43. The first-order valence-corrected chi connectivity index (χ1v) is 10.2. The summed E-state index contributed by atoms with van der Waals surface area (Å²) in [7, 11) is 0. The van der Waals surface area contributed by atoms with Gasteiger partial charge in [0.05, 0.1) is 18.4 Å². The van der Waals surface area contributed by atoms with Crippen LogP contribution in [0.25, 0.3) is 0 Å². The minimum atomic E-state index is -0.969. The van der Waals surface area contributed by atoms with Gasteiger partial charge in [0.1, 0.15) is 6.61 Å². The summed E-state index contributed by atoms with van der Waals surface area (Å²) in [6.45, 7) is 2.41. The molecular formula is C24H30N2O4. The highest BCUT2D eigenvalue weighted by Crippen LogP contribution is 2.25. The summed E-state index contributed by atoms with van der Waals surface area (Å²) in [6, 6.07) is 20.0. The number of ether oxygens (including phenoxy) is 1. The van der Waals surface area contributed by atoms with E-state index in [1.54, 1.807) is 6.92 Å².